The molecule has 2 aromatic heterocycles. The second-order valence-corrected chi connectivity index (χ2v) is 12.8. The van der Waals surface area contributed by atoms with Gasteiger partial charge < -0.3 is 9.84 Å². The van der Waals surface area contributed by atoms with Crippen molar-refractivity contribution in [1.29, 1.82) is 0 Å². The topological polar surface area (TPSA) is 120 Å². The number of aromatic nitrogens is 3. The van der Waals surface area contributed by atoms with Gasteiger partial charge in [-0.3, -0.25) is 0 Å². The highest BCUT2D eigenvalue weighted by atomic mass is 32.2. The SMILES string of the molecule is CC1(C#Cc2cc(-c3nn(-c4nc(C(=O)O)cs4)c(CC4CC4)c3Cc3ccc(S(N)=O)c(F)c3)ccc2F)COC1. The molecule has 3 N–H and O–H groups in total. The third-order valence-corrected chi connectivity index (χ3v) is 8.92. The van der Waals surface area contributed by atoms with E-state index in [1.54, 1.807) is 22.9 Å². The molecule has 2 aromatic carbocycles. The van der Waals surface area contributed by atoms with Crippen molar-refractivity contribution < 1.29 is 27.6 Å². The molecule has 2 aliphatic rings. The van der Waals surface area contributed by atoms with E-state index in [0.29, 0.717) is 47.5 Å². The average molecular weight is 609 g/mol. The first-order chi connectivity index (χ1) is 20.1. The molecule has 0 spiro atoms. The lowest BCUT2D eigenvalue weighted by Crippen LogP contribution is -2.38. The number of hydrogen-bond acceptors (Lipinski definition) is 6. The molecule has 2 fully saturated rings. The van der Waals surface area contributed by atoms with Crippen molar-refractivity contribution in [2.45, 2.75) is 37.5 Å². The summed E-state index contributed by atoms with van der Waals surface area (Å²) in [7, 11) is -1.97. The molecule has 1 saturated heterocycles. The molecule has 0 bridgehead atoms. The summed E-state index contributed by atoms with van der Waals surface area (Å²) in [6, 6.07) is 8.99. The van der Waals surface area contributed by atoms with Gasteiger partial charge in [0.15, 0.2) is 5.69 Å². The Hall–Kier alpha value is -3.76. The van der Waals surface area contributed by atoms with Crippen molar-refractivity contribution in [1.82, 2.24) is 14.8 Å². The van der Waals surface area contributed by atoms with Crippen LogP contribution < -0.4 is 5.14 Å². The van der Waals surface area contributed by atoms with Crippen LogP contribution in [-0.2, 0) is 28.6 Å². The standard InChI is InChI=1S/C30H26F2N4O4S2/c1-30(15-40-16-30)9-8-19-13-20(5-6-22(19)31)27-21(10-18-4-7-26(42(33)39)23(32)11-18)25(12-17-2-3-17)36(35-27)29-34-24(14-41-29)28(37)38/h4-7,11,13-14,17H,2-3,10,12,15-16,33H2,1H3,(H,37,38). The van der Waals surface area contributed by atoms with Gasteiger partial charge in [-0.2, -0.15) is 5.10 Å². The van der Waals surface area contributed by atoms with Crippen LogP contribution in [0.15, 0.2) is 46.7 Å². The molecule has 42 heavy (non-hydrogen) atoms. The molecule has 3 heterocycles. The van der Waals surface area contributed by atoms with Crippen molar-refractivity contribution in [3.05, 3.63) is 81.5 Å². The summed E-state index contributed by atoms with van der Waals surface area (Å²) in [4.78, 5) is 15.8. The van der Waals surface area contributed by atoms with Crippen molar-refractivity contribution in [2.75, 3.05) is 13.2 Å². The van der Waals surface area contributed by atoms with E-state index >= 15 is 0 Å². The summed E-state index contributed by atoms with van der Waals surface area (Å²) in [5.74, 6) is 4.22. The van der Waals surface area contributed by atoms with Crippen molar-refractivity contribution in [3.63, 3.8) is 0 Å². The van der Waals surface area contributed by atoms with Crippen LogP contribution in [-0.4, -0.2) is 43.3 Å². The molecule has 6 rings (SSSR count). The predicted molar refractivity (Wildman–Crippen MR) is 154 cm³/mol. The van der Waals surface area contributed by atoms with Crippen LogP contribution in [0.5, 0.6) is 0 Å². The largest absolute Gasteiger partial charge is 0.476 e. The number of aromatic carboxylic acids is 1. The maximum atomic E-state index is 14.9. The quantitative estimate of drug-likeness (QED) is 0.275. The molecule has 4 aromatic rings. The lowest BCUT2D eigenvalue weighted by Gasteiger charge is -2.32. The number of hydrogen-bond donors (Lipinski definition) is 2. The zero-order valence-electron chi connectivity index (χ0n) is 22.5. The Labute approximate surface area is 247 Å². The van der Waals surface area contributed by atoms with Gasteiger partial charge in [-0.25, -0.2) is 32.6 Å². The van der Waals surface area contributed by atoms with Crippen LogP contribution >= 0.6 is 11.3 Å². The predicted octanol–water partition coefficient (Wildman–Crippen LogP) is 4.88. The maximum Gasteiger partial charge on any atom is 0.355 e. The van der Waals surface area contributed by atoms with Crippen molar-refractivity contribution >= 4 is 28.3 Å². The van der Waals surface area contributed by atoms with Gasteiger partial charge in [-0.1, -0.05) is 17.9 Å². The summed E-state index contributed by atoms with van der Waals surface area (Å²) >= 11 is 1.16. The molecule has 1 aliphatic heterocycles. The first kappa shape index (κ1) is 28.4. The number of nitrogens with zero attached hydrogens (tertiary/aromatic N) is 3. The second kappa shape index (κ2) is 11.1. The third kappa shape index (κ3) is 5.78. The molecule has 0 radical (unpaired) electrons. The van der Waals surface area contributed by atoms with E-state index in [1.807, 2.05) is 6.92 Å². The van der Waals surface area contributed by atoms with E-state index in [9.17, 15) is 22.9 Å². The second-order valence-electron chi connectivity index (χ2n) is 10.9. The van der Waals surface area contributed by atoms with E-state index in [4.69, 9.17) is 15.0 Å². The molecule has 8 nitrogen and oxygen atoms in total. The Morgan fingerprint density at radius 2 is 2.02 bits per heavy atom. The molecule has 1 saturated carbocycles. The number of ether oxygens (including phenoxy) is 1. The van der Waals surface area contributed by atoms with Crippen LogP contribution in [0, 0.1) is 34.8 Å². The zero-order chi connectivity index (χ0) is 29.6. The Morgan fingerprint density at radius 1 is 1.24 bits per heavy atom. The fourth-order valence-electron chi connectivity index (χ4n) is 4.81. The van der Waals surface area contributed by atoms with E-state index in [0.717, 1.165) is 35.4 Å². The number of rotatable bonds is 8. The van der Waals surface area contributed by atoms with Crippen LogP contribution in [0.3, 0.4) is 0 Å². The zero-order valence-corrected chi connectivity index (χ0v) is 24.2. The van der Waals surface area contributed by atoms with E-state index in [1.165, 1.54) is 23.6 Å². The number of halogens is 2. The molecule has 1 atom stereocenters. The number of carboxylic acids is 1. The Kier molecular flexibility index (Phi) is 7.53. The van der Waals surface area contributed by atoms with E-state index < -0.39 is 28.6 Å². The fraction of sp³-hybridized carbons (Fsp3) is 0.300. The fourth-order valence-corrected chi connectivity index (χ4v) is 6.04. The minimum absolute atomic E-state index is 0.0915. The summed E-state index contributed by atoms with van der Waals surface area (Å²) in [5.41, 5.74) is 3.14. The normalized spacial score (nSPS) is 16.4. The number of carboxylic acid groups (broad SMARTS) is 1. The Morgan fingerprint density at radius 3 is 2.64 bits per heavy atom. The first-order valence-electron chi connectivity index (χ1n) is 13.3. The van der Waals surface area contributed by atoms with Gasteiger partial charge in [0.25, 0.3) is 0 Å². The Bertz CT molecular complexity index is 1800. The van der Waals surface area contributed by atoms with Gasteiger partial charge in [-0.05, 0) is 68.0 Å². The van der Waals surface area contributed by atoms with Gasteiger partial charge >= 0.3 is 5.97 Å². The number of carbonyl (C=O) groups is 1. The lowest BCUT2D eigenvalue weighted by atomic mass is 9.89. The molecular weight excluding hydrogens is 582 g/mol. The van der Waals surface area contributed by atoms with Gasteiger partial charge in [-0.15, -0.1) is 11.3 Å². The molecular formula is C30H26F2N4O4S2. The lowest BCUT2D eigenvalue weighted by molar-refractivity contribution is -0.0648. The molecule has 216 valence electrons. The monoisotopic (exact) mass is 608 g/mol. The van der Waals surface area contributed by atoms with Gasteiger partial charge in [0, 0.05) is 22.9 Å². The average Bonchev–Trinajstić information content (AvgIpc) is 3.49. The summed E-state index contributed by atoms with van der Waals surface area (Å²) in [5, 5.41) is 21.6. The Balaban J connectivity index is 1.50. The smallest absolute Gasteiger partial charge is 0.355 e. The van der Waals surface area contributed by atoms with Gasteiger partial charge in [0.2, 0.25) is 5.13 Å². The number of thiazole rings is 1. The summed E-state index contributed by atoms with van der Waals surface area (Å²) < 4.78 is 48.3. The molecule has 1 unspecified atom stereocenters. The third-order valence-electron chi connectivity index (χ3n) is 7.34. The molecule has 0 amide bonds. The van der Waals surface area contributed by atoms with E-state index in [2.05, 4.69) is 16.8 Å². The number of nitrogens with two attached hydrogens (primary N) is 1. The van der Waals surface area contributed by atoms with Crippen molar-refractivity contribution in [2.24, 2.45) is 16.5 Å². The van der Waals surface area contributed by atoms with Crippen LogP contribution in [0.25, 0.3) is 16.4 Å². The molecule has 1 aliphatic carbocycles. The first-order valence-corrected chi connectivity index (χ1v) is 15.3. The summed E-state index contributed by atoms with van der Waals surface area (Å²) in [6.45, 7) is 2.93. The van der Waals surface area contributed by atoms with Crippen LogP contribution in [0.1, 0.15) is 52.6 Å². The summed E-state index contributed by atoms with van der Waals surface area (Å²) in [6.07, 6.45) is 3.01. The minimum atomic E-state index is -1.97. The highest BCUT2D eigenvalue weighted by Crippen LogP contribution is 2.38. The highest BCUT2D eigenvalue weighted by Gasteiger charge is 2.32. The molecule has 12 heteroatoms. The van der Waals surface area contributed by atoms with E-state index in [-0.39, 0.29) is 28.0 Å². The van der Waals surface area contributed by atoms with Crippen LogP contribution in [0.2, 0.25) is 0 Å². The minimum Gasteiger partial charge on any atom is -0.476 e. The van der Waals surface area contributed by atoms with Gasteiger partial charge in [0.05, 0.1) is 40.5 Å². The van der Waals surface area contributed by atoms with Crippen molar-refractivity contribution in [3.8, 4) is 28.2 Å². The van der Waals surface area contributed by atoms with Gasteiger partial charge in [0.1, 0.15) is 22.6 Å². The maximum absolute atomic E-state index is 14.9. The highest BCUT2D eigenvalue weighted by molar-refractivity contribution is 7.82. The van der Waals surface area contributed by atoms with Crippen LogP contribution in [0.4, 0.5) is 8.78 Å². The number of benzene rings is 2.